The molecule has 1 aromatic heterocycles. The number of nitrogens with zero attached hydrogens (tertiary/aromatic N) is 3. The number of carbonyl (C=O) groups is 3. The smallest absolute Gasteiger partial charge is 0.308 e. The van der Waals surface area contributed by atoms with Crippen LogP contribution in [0.1, 0.15) is 16.4 Å². The van der Waals surface area contributed by atoms with Crippen molar-refractivity contribution in [3.8, 4) is 11.5 Å². The van der Waals surface area contributed by atoms with Gasteiger partial charge in [0, 0.05) is 28.6 Å². The molecule has 2 aliphatic rings. The van der Waals surface area contributed by atoms with Crippen LogP contribution >= 0.6 is 23.1 Å². The number of thiazole rings is 1. The number of nitro benzene ring substituents is 1. The number of non-ortho nitro benzene ring substituents is 1. The van der Waals surface area contributed by atoms with Crippen molar-refractivity contribution in [1.29, 1.82) is 0 Å². The Labute approximate surface area is 262 Å². The quantitative estimate of drug-likeness (QED) is 0.166. The number of rotatable bonds is 8. The lowest BCUT2D eigenvalue weighted by atomic mass is 9.83. The van der Waals surface area contributed by atoms with Gasteiger partial charge in [-0.25, -0.2) is 9.29 Å². The summed E-state index contributed by atoms with van der Waals surface area (Å²) in [6.07, 6.45) is 0. The van der Waals surface area contributed by atoms with E-state index >= 15 is 0 Å². The number of ether oxygens (including phenoxy) is 2. The lowest BCUT2D eigenvalue weighted by Gasteiger charge is -2.31. The molecule has 12 nitrogen and oxygen atoms in total. The van der Waals surface area contributed by atoms with Crippen molar-refractivity contribution in [2.75, 3.05) is 24.4 Å². The average molecular weight is 651 g/mol. The number of thioether (sulfide) groups is 1. The van der Waals surface area contributed by atoms with Crippen molar-refractivity contribution in [3.05, 3.63) is 103 Å². The Kier molecular flexibility index (Phi) is 7.88. The molecule has 0 spiro atoms. The van der Waals surface area contributed by atoms with Crippen molar-refractivity contribution in [1.82, 2.24) is 4.57 Å². The fourth-order valence-corrected chi connectivity index (χ4v) is 8.29. The lowest BCUT2D eigenvalue weighted by Crippen LogP contribution is -2.33. The maximum absolute atomic E-state index is 14.1. The highest BCUT2D eigenvalue weighted by Gasteiger charge is 2.57. The molecule has 230 valence electrons. The topological polar surface area (TPSA) is 150 Å². The SMILES string of the molecule is COc1ccc([C@@H]2c3sc(=O)n(CC(=O)Nc4ccc(F)cc4)c3S[C@H]3C(=O)N(c4ccc([N+](=O)[O-])cc4)C(=O)[C@@H]23)cc1OC. The van der Waals surface area contributed by atoms with Gasteiger partial charge in [-0.3, -0.25) is 33.9 Å². The van der Waals surface area contributed by atoms with E-state index < -0.39 is 50.4 Å². The van der Waals surface area contributed by atoms with E-state index in [1.54, 1.807) is 18.2 Å². The number of benzene rings is 3. The van der Waals surface area contributed by atoms with E-state index in [9.17, 15) is 33.7 Å². The number of hydrogen-bond acceptors (Lipinski definition) is 10. The third kappa shape index (κ3) is 5.33. The Morgan fingerprint density at radius 1 is 0.978 bits per heavy atom. The van der Waals surface area contributed by atoms with E-state index in [1.165, 1.54) is 67.3 Å². The summed E-state index contributed by atoms with van der Waals surface area (Å²) in [5, 5.41) is 13.2. The molecule has 0 bridgehead atoms. The summed E-state index contributed by atoms with van der Waals surface area (Å²) in [5.41, 5.74) is 0.902. The van der Waals surface area contributed by atoms with E-state index in [4.69, 9.17) is 9.47 Å². The van der Waals surface area contributed by atoms with Gasteiger partial charge in [0.15, 0.2) is 11.5 Å². The van der Waals surface area contributed by atoms with Gasteiger partial charge in [0.1, 0.15) is 17.6 Å². The van der Waals surface area contributed by atoms with E-state index in [2.05, 4.69) is 5.32 Å². The molecule has 1 fully saturated rings. The van der Waals surface area contributed by atoms with Crippen LogP contribution in [0.4, 0.5) is 21.5 Å². The van der Waals surface area contributed by atoms with Crippen LogP contribution in [0.2, 0.25) is 0 Å². The second-order valence-corrected chi connectivity index (χ2v) is 12.2. The van der Waals surface area contributed by atoms with Crippen molar-refractivity contribution < 1.29 is 33.2 Å². The van der Waals surface area contributed by atoms with Gasteiger partial charge in [-0.15, -0.1) is 0 Å². The summed E-state index contributed by atoms with van der Waals surface area (Å²) < 4.78 is 25.5. The molecule has 0 unspecified atom stereocenters. The first-order chi connectivity index (χ1) is 21.6. The Morgan fingerprint density at radius 2 is 1.67 bits per heavy atom. The van der Waals surface area contributed by atoms with E-state index in [-0.39, 0.29) is 17.9 Å². The number of carbonyl (C=O) groups excluding carboxylic acids is 3. The van der Waals surface area contributed by atoms with E-state index in [1.807, 2.05) is 0 Å². The fourth-order valence-electron chi connectivity index (χ4n) is 5.52. The van der Waals surface area contributed by atoms with Gasteiger partial charge in [0.2, 0.25) is 17.7 Å². The molecule has 2 aliphatic heterocycles. The summed E-state index contributed by atoms with van der Waals surface area (Å²) in [6.45, 7) is -0.390. The molecular weight excluding hydrogens is 627 g/mol. The molecular formula is C30H23FN4O8S2. The first-order valence-corrected chi connectivity index (χ1v) is 15.1. The highest BCUT2D eigenvalue weighted by molar-refractivity contribution is 8.00. The first-order valence-electron chi connectivity index (χ1n) is 13.4. The molecule has 15 heteroatoms. The van der Waals surface area contributed by atoms with Crippen molar-refractivity contribution in [3.63, 3.8) is 0 Å². The highest BCUT2D eigenvalue weighted by Crippen LogP contribution is 2.54. The zero-order valence-electron chi connectivity index (χ0n) is 23.6. The van der Waals surface area contributed by atoms with Crippen LogP contribution in [0.3, 0.4) is 0 Å². The molecule has 6 rings (SSSR count). The van der Waals surface area contributed by atoms with Crippen LogP contribution in [-0.2, 0) is 20.9 Å². The lowest BCUT2D eigenvalue weighted by molar-refractivity contribution is -0.384. The van der Waals surface area contributed by atoms with Gasteiger partial charge >= 0.3 is 4.87 Å². The molecule has 3 atom stereocenters. The van der Waals surface area contributed by atoms with Gasteiger partial charge < -0.3 is 14.8 Å². The Morgan fingerprint density at radius 3 is 2.31 bits per heavy atom. The van der Waals surface area contributed by atoms with Crippen molar-refractivity contribution in [2.45, 2.75) is 22.7 Å². The van der Waals surface area contributed by atoms with Crippen LogP contribution in [0.5, 0.6) is 11.5 Å². The zero-order valence-corrected chi connectivity index (χ0v) is 25.2. The minimum atomic E-state index is -0.973. The molecule has 3 amide bonds. The predicted molar refractivity (Wildman–Crippen MR) is 164 cm³/mol. The maximum Gasteiger partial charge on any atom is 0.308 e. The van der Waals surface area contributed by atoms with Crippen molar-refractivity contribution in [2.24, 2.45) is 5.92 Å². The second kappa shape index (κ2) is 11.8. The van der Waals surface area contributed by atoms with Crippen LogP contribution < -0.4 is 24.6 Å². The number of fused-ring (bicyclic) bond motifs is 2. The number of hydrogen-bond donors (Lipinski definition) is 1. The van der Waals surface area contributed by atoms with Gasteiger partial charge in [-0.05, 0) is 54.1 Å². The predicted octanol–water partition coefficient (Wildman–Crippen LogP) is 4.41. The van der Waals surface area contributed by atoms with Crippen molar-refractivity contribution >= 4 is 57.9 Å². The third-order valence-corrected chi connectivity index (χ3v) is 10.2. The summed E-state index contributed by atoms with van der Waals surface area (Å²) >= 11 is 1.90. The molecule has 1 N–H and O–H groups in total. The maximum atomic E-state index is 14.1. The number of halogens is 1. The van der Waals surface area contributed by atoms with Gasteiger partial charge in [-0.1, -0.05) is 29.2 Å². The summed E-state index contributed by atoms with van der Waals surface area (Å²) in [6, 6.07) is 15.3. The molecule has 3 heterocycles. The van der Waals surface area contributed by atoms with Gasteiger partial charge in [-0.2, -0.15) is 0 Å². The number of nitro groups is 1. The number of nitrogens with one attached hydrogen (secondary N) is 1. The standard InChI is InChI=1S/C30H23FN4O8S2/c1-42-20-12-3-15(13-21(20)43-2)23-24-25(28(38)34(27(24)37)18-8-10-19(11-9-18)35(40)41)44-29-26(23)45-30(39)33(29)14-22(36)32-17-6-4-16(31)5-7-17/h3-13,23-25H,14H2,1-2H3,(H,32,36)/t23-,24-,25+/m0/s1. The Balaban J connectivity index is 1.43. The van der Waals surface area contributed by atoms with E-state index in [0.717, 1.165) is 28.0 Å². The molecule has 0 aliphatic carbocycles. The minimum absolute atomic E-state index is 0.177. The van der Waals surface area contributed by atoms with Crippen LogP contribution in [0.15, 0.2) is 76.6 Å². The number of imide groups is 1. The van der Waals surface area contributed by atoms with E-state index in [0.29, 0.717) is 32.7 Å². The molecule has 3 aromatic carbocycles. The molecule has 45 heavy (non-hydrogen) atoms. The van der Waals surface area contributed by atoms with Gasteiger partial charge in [0.05, 0.1) is 35.8 Å². The monoisotopic (exact) mass is 650 g/mol. The van der Waals surface area contributed by atoms with Crippen LogP contribution in [0, 0.1) is 21.8 Å². The molecule has 0 radical (unpaired) electrons. The Hall–Kier alpha value is -5.02. The molecule has 4 aromatic rings. The number of methoxy groups -OCH3 is 2. The Bertz CT molecular complexity index is 1910. The third-order valence-electron chi connectivity index (χ3n) is 7.56. The zero-order chi connectivity index (χ0) is 32.0. The fraction of sp³-hybridized carbons (Fsp3) is 0.200. The summed E-state index contributed by atoms with van der Waals surface area (Å²) in [5.74, 6) is -3.00. The second-order valence-electron chi connectivity index (χ2n) is 10.1. The normalized spacial score (nSPS) is 18.7. The number of amides is 3. The van der Waals surface area contributed by atoms with Gasteiger partial charge in [0.25, 0.3) is 5.69 Å². The summed E-state index contributed by atoms with van der Waals surface area (Å²) in [4.78, 5) is 66.0. The first kappa shape index (κ1) is 30.0. The molecule has 1 saturated heterocycles. The number of aromatic nitrogens is 1. The molecule has 0 saturated carbocycles. The number of anilines is 2. The largest absolute Gasteiger partial charge is 0.493 e. The highest BCUT2D eigenvalue weighted by atomic mass is 32.2. The minimum Gasteiger partial charge on any atom is -0.493 e. The summed E-state index contributed by atoms with van der Waals surface area (Å²) in [7, 11) is 2.94. The van der Waals surface area contributed by atoms with Crippen LogP contribution in [-0.4, -0.2) is 46.7 Å². The average Bonchev–Trinajstić information content (AvgIpc) is 3.47. The van der Waals surface area contributed by atoms with Crippen LogP contribution in [0.25, 0.3) is 0 Å².